The van der Waals surface area contributed by atoms with Crippen LogP contribution >= 0.6 is 23.1 Å². The maximum absolute atomic E-state index is 12.9. The van der Waals surface area contributed by atoms with Gasteiger partial charge in [0.05, 0.1) is 11.3 Å². The molecule has 1 aliphatic rings. The Labute approximate surface area is 202 Å². The number of carbonyl (C=O) groups is 2. The molecular formula is C22H20F3N5O2S2. The summed E-state index contributed by atoms with van der Waals surface area (Å²) in [5.41, 5.74) is -0.0939. The molecule has 7 nitrogen and oxygen atoms in total. The van der Waals surface area contributed by atoms with Crippen molar-refractivity contribution >= 4 is 45.7 Å². The second-order valence-electron chi connectivity index (χ2n) is 7.41. The summed E-state index contributed by atoms with van der Waals surface area (Å²) in [5, 5.41) is 11.8. The zero-order valence-corrected chi connectivity index (χ0v) is 19.4. The highest BCUT2D eigenvalue weighted by atomic mass is 32.2. The lowest BCUT2D eigenvalue weighted by Gasteiger charge is -2.34. The van der Waals surface area contributed by atoms with E-state index in [1.165, 1.54) is 40.1 Å². The van der Waals surface area contributed by atoms with Crippen LogP contribution in [0.1, 0.15) is 15.9 Å². The molecule has 3 aromatic rings. The van der Waals surface area contributed by atoms with Crippen LogP contribution in [0.2, 0.25) is 0 Å². The lowest BCUT2D eigenvalue weighted by atomic mass is 10.1. The number of alkyl halides is 3. The summed E-state index contributed by atoms with van der Waals surface area (Å²) in [6.07, 6.45) is -4.50. The van der Waals surface area contributed by atoms with E-state index < -0.39 is 17.6 Å². The molecule has 34 heavy (non-hydrogen) atoms. The monoisotopic (exact) mass is 507 g/mol. The van der Waals surface area contributed by atoms with Gasteiger partial charge in [-0.2, -0.15) is 13.2 Å². The number of halogens is 3. The third-order valence-electron chi connectivity index (χ3n) is 5.05. The smallest absolute Gasteiger partial charge is 0.343 e. The van der Waals surface area contributed by atoms with Gasteiger partial charge in [-0.3, -0.25) is 9.59 Å². The van der Waals surface area contributed by atoms with Gasteiger partial charge in [-0.05, 0) is 30.3 Å². The van der Waals surface area contributed by atoms with E-state index in [-0.39, 0.29) is 17.2 Å². The first kappa shape index (κ1) is 24.0. The molecule has 1 N–H and O–H groups in total. The third kappa shape index (κ3) is 6.06. The molecule has 0 aliphatic carbocycles. The van der Waals surface area contributed by atoms with E-state index in [1.54, 1.807) is 0 Å². The summed E-state index contributed by atoms with van der Waals surface area (Å²) >= 11 is 2.64. The SMILES string of the molecule is O=C(CSc1nnc(N2CCN(C(=O)c3cccc(C(F)(F)F)c3)CC2)s1)Nc1ccccc1. The van der Waals surface area contributed by atoms with E-state index in [2.05, 4.69) is 15.5 Å². The van der Waals surface area contributed by atoms with Crippen LogP contribution in [-0.2, 0) is 11.0 Å². The average molecular weight is 508 g/mol. The fraction of sp³-hybridized carbons (Fsp3) is 0.273. The van der Waals surface area contributed by atoms with Gasteiger partial charge >= 0.3 is 6.18 Å². The molecule has 0 radical (unpaired) electrons. The molecule has 0 saturated carbocycles. The van der Waals surface area contributed by atoms with Crippen LogP contribution in [0.5, 0.6) is 0 Å². The third-order valence-corrected chi connectivity index (χ3v) is 7.17. The Morgan fingerprint density at radius 1 is 1.00 bits per heavy atom. The Hall–Kier alpha value is -3.12. The first-order valence-electron chi connectivity index (χ1n) is 10.3. The molecule has 1 aliphatic heterocycles. The van der Waals surface area contributed by atoms with Gasteiger partial charge in [-0.1, -0.05) is 47.4 Å². The van der Waals surface area contributed by atoms with Crippen molar-refractivity contribution in [1.82, 2.24) is 15.1 Å². The van der Waals surface area contributed by atoms with Crippen molar-refractivity contribution in [3.63, 3.8) is 0 Å². The number of benzene rings is 2. The predicted octanol–water partition coefficient (Wildman–Crippen LogP) is 4.25. The number of hydrogen-bond donors (Lipinski definition) is 1. The minimum absolute atomic E-state index is 0.0201. The Kier molecular flexibility index (Phi) is 7.37. The van der Waals surface area contributed by atoms with Gasteiger partial charge in [0.1, 0.15) is 0 Å². The summed E-state index contributed by atoms with van der Waals surface area (Å²) in [5.74, 6) is -0.374. The average Bonchev–Trinajstić information content (AvgIpc) is 3.32. The van der Waals surface area contributed by atoms with Crippen molar-refractivity contribution in [2.45, 2.75) is 10.5 Å². The summed E-state index contributed by atoms with van der Waals surface area (Å²) < 4.78 is 39.5. The van der Waals surface area contributed by atoms with Crippen LogP contribution in [0.25, 0.3) is 0 Å². The molecule has 0 spiro atoms. The van der Waals surface area contributed by atoms with E-state index in [0.29, 0.717) is 35.7 Å². The first-order valence-corrected chi connectivity index (χ1v) is 12.1. The fourth-order valence-corrected chi connectivity index (χ4v) is 5.04. The lowest BCUT2D eigenvalue weighted by Crippen LogP contribution is -2.48. The van der Waals surface area contributed by atoms with E-state index in [9.17, 15) is 22.8 Å². The number of carbonyl (C=O) groups excluding carboxylic acids is 2. The number of amides is 2. The molecule has 2 heterocycles. The number of aromatic nitrogens is 2. The summed E-state index contributed by atoms with van der Waals surface area (Å²) in [4.78, 5) is 28.3. The number of thioether (sulfide) groups is 1. The van der Waals surface area contributed by atoms with Gasteiger partial charge in [-0.15, -0.1) is 10.2 Å². The summed E-state index contributed by atoms with van der Waals surface area (Å²) in [6, 6.07) is 13.6. The quantitative estimate of drug-likeness (QED) is 0.503. The zero-order chi connectivity index (χ0) is 24.1. The summed E-state index contributed by atoms with van der Waals surface area (Å²) in [6.45, 7) is 1.68. The Balaban J connectivity index is 1.28. The maximum Gasteiger partial charge on any atom is 0.416 e. The van der Waals surface area contributed by atoms with Gasteiger partial charge in [0.15, 0.2) is 4.34 Å². The zero-order valence-electron chi connectivity index (χ0n) is 17.8. The molecule has 0 atom stereocenters. The molecule has 0 bridgehead atoms. The van der Waals surface area contributed by atoms with Gasteiger partial charge in [-0.25, -0.2) is 0 Å². The first-order chi connectivity index (χ1) is 16.3. The Bertz CT molecular complexity index is 1150. The Morgan fingerprint density at radius 3 is 2.44 bits per heavy atom. The van der Waals surface area contributed by atoms with Crippen molar-refractivity contribution in [3.05, 3.63) is 65.7 Å². The van der Waals surface area contributed by atoms with Crippen LogP contribution < -0.4 is 10.2 Å². The second-order valence-corrected chi connectivity index (χ2v) is 9.59. The molecule has 12 heteroatoms. The number of hydrogen-bond acceptors (Lipinski definition) is 7. The van der Waals surface area contributed by atoms with Crippen LogP contribution in [0.4, 0.5) is 24.0 Å². The Morgan fingerprint density at radius 2 is 1.74 bits per heavy atom. The predicted molar refractivity (Wildman–Crippen MR) is 125 cm³/mol. The highest BCUT2D eigenvalue weighted by Crippen LogP contribution is 2.31. The van der Waals surface area contributed by atoms with Crippen LogP contribution in [-0.4, -0.2) is 58.8 Å². The molecule has 1 fully saturated rings. The normalized spacial score (nSPS) is 14.2. The van der Waals surface area contributed by atoms with Gasteiger partial charge in [0.2, 0.25) is 11.0 Å². The van der Waals surface area contributed by atoms with Crippen molar-refractivity contribution in [2.24, 2.45) is 0 Å². The molecule has 1 aromatic heterocycles. The minimum Gasteiger partial charge on any atom is -0.343 e. The largest absolute Gasteiger partial charge is 0.416 e. The van der Waals surface area contributed by atoms with E-state index in [4.69, 9.17) is 0 Å². The van der Waals surface area contributed by atoms with Crippen LogP contribution in [0, 0.1) is 0 Å². The molecule has 1 saturated heterocycles. The standard InChI is InChI=1S/C22H20F3N5O2S2/c23-22(24,25)16-6-4-5-15(13-16)19(32)29-9-11-30(12-10-29)20-27-28-21(34-20)33-14-18(31)26-17-7-2-1-3-8-17/h1-8,13H,9-12,14H2,(H,26,31). The number of nitrogens with zero attached hydrogens (tertiary/aromatic N) is 4. The van der Waals surface area contributed by atoms with Gasteiger partial charge in [0.25, 0.3) is 5.91 Å². The highest BCUT2D eigenvalue weighted by Gasteiger charge is 2.32. The lowest BCUT2D eigenvalue weighted by molar-refractivity contribution is -0.137. The second kappa shape index (κ2) is 10.4. The molecule has 4 rings (SSSR count). The topological polar surface area (TPSA) is 78.4 Å². The number of anilines is 2. The molecule has 2 amide bonds. The number of rotatable bonds is 6. The van der Waals surface area contributed by atoms with Crippen molar-refractivity contribution in [3.8, 4) is 0 Å². The number of nitrogens with one attached hydrogen (secondary N) is 1. The molecule has 2 aromatic carbocycles. The maximum atomic E-state index is 12.9. The number of piperazine rings is 1. The number of para-hydroxylation sites is 1. The van der Waals surface area contributed by atoms with Gasteiger partial charge in [0, 0.05) is 37.4 Å². The molecular weight excluding hydrogens is 487 g/mol. The van der Waals surface area contributed by atoms with E-state index in [1.807, 2.05) is 35.2 Å². The van der Waals surface area contributed by atoms with Crippen molar-refractivity contribution in [1.29, 1.82) is 0 Å². The van der Waals surface area contributed by atoms with E-state index >= 15 is 0 Å². The van der Waals surface area contributed by atoms with E-state index in [0.717, 1.165) is 17.8 Å². The fourth-order valence-electron chi connectivity index (χ4n) is 3.35. The van der Waals surface area contributed by atoms with Crippen molar-refractivity contribution < 1.29 is 22.8 Å². The van der Waals surface area contributed by atoms with Crippen LogP contribution in [0.3, 0.4) is 0 Å². The van der Waals surface area contributed by atoms with Crippen molar-refractivity contribution in [2.75, 3.05) is 42.1 Å². The highest BCUT2D eigenvalue weighted by molar-refractivity contribution is 8.01. The molecule has 0 unspecified atom stereocenters. The summed E-state index contributed by atoms with van der Waals surface area (Å²) in [7, 11) is 0. The molecule has 178 valence electrons. The van der Waals surface area contributed by atoms with Crippen LogP contribution in [0.15, 0.2) is 58.9 Å². The minimum atomic E-state index is -4.50. The van der Waals surface area contributed by atoms with Gasteiger partial charge < -0.3 is 15.1 Å².